The lowest BCUT2D eigenvalue weighted by Crippen LogP contribution is -2.45. The molecule has 6 rings (SSSR count). The zero-order valence-electron chi connectivity index (χ0n) is 19.2. The summed E-state index contributed by atoms with van der Waals surface area (Å²) in [4.78, 5) is 18.7. The van der Waals surface area contributed by atoms with Crippen LogP contribution in [0.3, 0.4) is 0 Å². The number of carbonyl (C=O) groups excluding carboxylic acids is 1. The van der Waals surface area contributed by atoms with Crippen molar-refractivity contribution < 1.29 is 4.79 Å². The van der Waals surface area contributed by atoms with Gasteiger partial charge in [0.1, 0.15) is 5.00 Å². The Bertz CT molecular complexity index is 1160. The topological polar surface area (TPSA) is 37.3 Å². The number of urea groups is 1. The van der Waals surface area contributed by atoms with Crippen LogP contribution in [0.15, 0.2) is 47.5 Å². The molecule has 1 fully saturated rings. The molecule has 172 valence electrons. The third-order valence-electron chi connectivity index (χ3n) is 7.55. The lowest BCUT2D eigenvalue weighted by atomic mass is 9.95. The Hall–Kier alpha value is -2.18. The first-order valence-corrected chi connectivity index (χ1v) is 14.3. The van der Waals surface area contributed by atoms with Crippen molar-refractivity contribution in [3.8, 4) is 5.00 Å². The van der Waals surface area contributed by atoms with Crippen molar-refractivity contribution >= 4 is 29.1 Å². The molecule has 1 atom stereocenters. The van der Waals surface area contributed by atoms with Crippen LogP contribution in [0.5, 0.6) is 0 Å². The molecule has 4 nitrogen and oxygen atoms in total. The van der Waals surface area contributed by atoms with E-state index >= 15 is 0 Å². The quantitative estimate of drug-likeness (QED) is 0.426. The number of hydrogen-bond donors (Lipinski definition) is 1. The van der Waals surface area contributed by atoms with Gasteiger partial charge in [-0.3, -0.25) is 0 Å². The first kappa shape index (κ1) is 21.4. The van der Waals surface area contributed by atoms with E-state index in [0.29, 0.717) is 12.6 Å². The number of carbonyl (C=O) groups is 1. The van der Waals surface area contributed by atoms with Gasteiger partial charge >= 0.3 is 6.03 Å². The third-order valence-corrected chi connectivity index (χ3v) is 9.63. The maximum atomic E-state index is 13.8. The Morgan fingerprint density at radius 3 is 2.61 bits per heavy atom. The standard InChI is InChI=1S/C27H31N3OS2/c1-32-20-14-12-18(13-15-20)25-23-10-6-16-29(23)26-22(21-9-4-5-11-24(21)33-26)17-30(25)27(31)28-19-7-2-3-8-19/h6,10,12-16,19,25H,2-5,7-9,11,17H2,1H3,(H,28,31)/t25-/m1/s1. The molecule has 0 saturated heterocycles. The molecular formula is C27H31N3OS2. The van der Waals surface area contributed by atoms with Gasteiger partial charge in [-0.05, 0) is 80.2 Å². The molecule has 1 aliphatic heterocycles. The molecule has 2 aliphatic carbocycles. The molecule has 0 unspecified atom stereocenters. The molecule has 3 heterocycles. The van der Waals surface area contributed by atoms with Gasteiger partial charge in [-0.25, -0.2) is 4.79 Å². The summed E-state index contributed by atoms with van der Waals surface area (Å²) in [5.74, 6) is 0. The fourth-order valence-electron chi connectivity index (χ4n) is 5.85. The molecule has 0 bridgehead atoms. The molecule has 2 aromatic heterocycles. The van der Waals surface area contributed by atoms with Crippen LogP contribution < -0.4 is 5.32 Å². The largest absolute Gasteiger partial charge is 0.335 e. The Morgan fingerprint density at radius 1 is 1.03 bits per heavy atom. The minimum atomic E-state index is -0.101. The van der Waals surface area contributed by atoms with Crippen molar-refractivity contribution in [1.29, 1.82) is 0 Å². The van der Waals surface area contributed by atoms with Crippen LogP contribution in [-0.2, 0) is 19.4 Å². The van der Waals surface area contributed by atoms with Crippen molar-refractivity contribution in [2.75, 3.05) is 6.26 Å². The van der Waals surface area contributed by atoms with Crippen molar-refractivity contribution in [3.05, 3.63) is 69.9 Å². The van der Waals surface area contributed by atoms with Crippen molar-refractivity contribution in [1.82, 2.24) is 14.8 Å². The Balaban J connectivity index is 1.47. The maximum absolute atomic E-state index is 13.8. The average Bonchev–Trinajstić information content (AvgIpc) is 3.58. The van der Waals surface area contributed by atoms with E-state index in [1.54, 1.807) is 11.8 Å². The number of fused-ring (bicyclic) bond motifs is 5. The highest BCUT2D eigenvalue weighted by Gasteiger charge is 2.36. The number of rotatable bonds is 3. The second-order valence-electron chi connectivity index (χ2n) is 9.53. The summed E-state index contributed by atoms with van der Waals surface area (Å²) in [5, 5.41) is 4.72. The van der Waals surface area contributed by atoms with Crippen LogP contribution in [0, 0.1) is 0 Å². The van der Waals surface area contributed by atoms with E-state index in [9.17, 15) is 4.79 Å². The maximum Gasteiger partial charge on any atom is 0.318 e. The second kappa shape index (κ2) is 8.88. The number of amides is 2. The number of nitrogens with one attached hydrogen (secondary N) is 1. The van der Waals surface area contributed by atoms with Crippen LogP contribution in [0.25, 0.3) is 5.00 Å². The summed E-state index contributed by atoms with van der Waals surface area (Å²) in [6.45, 7) is 0.677. The van der Waals surface area contributed by atoms with Crippen LogP contribution >= 0.6 is 23.1 Å². The lowest BCUT2D eigenvalue weighted by molar-refractivity contribution is 0.176. The van der Waals surface area contributed by atoms with E-state index in [1.807, 2.05) is 11.3 Å². The van der Waals surface area contributed by atoms with Gasteiger partial charge in [0.25, 0.3) is 0 Å². The molecule has 3 aliphatic rings. The fraction of sp³-hybridized carbons (Fsp3) is 0.444. The lowest BCUT2D eigenvalue weighted by Gasteiger charge is -2.32. The Morgan fingerprint density at radius 2 is 1.82 bits per heavy atom. The average molecular weight is 478 g/mol. The van der Waals surface area contributed by atoms with Crippen LogP contribution in [0.2, 0.25) is 0 Å². The first-order valence-electron chi connectivity index (χ1n) is 12.2. The van der Waals surface area contributed by atoms with Gasteiger partial charge in [0.15, 0.2) is 0 Å². The predicted octanol–water partition coefficient (Wildman–Crippen LogP) is 6.70. The van der Waals surface area contributed by atoms with Gasteiger partial charge in [-0.1, -0.05) is 25.0 Å². The van der Waals surface area contributed by atoms with E-state index in [1.165, 1.54) is 69.3 Å². The van der Waals surface area contributed by atoms with Gasteiger partial charge in [0.2, 0.25) is 0 Å². The summed E-state index contributed by atoms with van der Waals surface area (Å²) >= 11 is 3.70. The van der Waals surface area contributed by atoms with Gasteiger partial charge in [-0.2, -0.15) is 0 Å². The minimum Gasteiger partial charge on any atom is -0.335 e. The number of nitrogens with zero attached hydrogens (tertiary/aromatic N) is 2. The summed E-state index contributed by atoms with van der Waals surface area (Å²) in [6.07, 6.45) is 13.8. The molecule has 3 aromatic rings. The SMILES string of the molecule is CSc1ccc([C@@H]2c3cccn3-c3sc4c(c3CN2C(=O)NC2CCCC2)CCCC4)cc1. The summed E-state index contributed by atoms with van der Waals surface area (Å²) in [7, 11) is 0. The van der Waals surface area contributed by atoms with E-state index in [-0.39, 0.29) is 12.1 Å². The smallest absolute Gasteiger partial charge is 0.318 e. The van der Waals surface area contributed by atoms with Crippen molar-refractivity contribution in [2.24, 2.45) is 0 Å². The van der Waals surface area contributed by atoms with E-state index in [4.69, 9.17) is 0 Å². The molecule has 0 spiro atoms. The molecule has 6 heteroatoms. The van der Waals surface area contributed by atoms with Gasteiger partial charge in [0, 0.05) is 27.6 Å². The summed E-state index contributed by atoms with van der Waals surface area (Å²) < 4.78 is 2.37. The van der Waals surface area contributed by atoms with Crippen LogP contribution in [0.1, 0.15) is 71.8 Å². The Kier molecular flexibility index (Phi) is 5.75. The number of thioether (sulfide) groups is 1. The molecule has 33 heavy (non-hydrogen) atoms. The number of thiophene rings is 1. The number of benzene rings is 1. The summed E-state index contributed by atoms with van der Waals surface area (Å²) in [6, 6.07) is 13.4. The minimum absolute atomic E-state index is 0.0807. The number of hydrogen-bond acceptors (Lipinski definition) is 3. The van der Waals surface area contributed by atoms with Crippen molar-refractivity contribution in [3.63, 3.8) is 0 Å². The van der Waals surface area contributed by atoms with E-state index in [0.717, 1.165) is 19.3 Å². The number of aromatic nitrogens is 1. The van der Waals surface area contributed by atoms with Gasteiger partial charge in [-0.15, -0.1) is 23.1 Å². The monoisotopic (exact) mass is 477 g/mol. The third kappa shape index (κ3) is 3.81. The predicted molar refractivity (Wildman–Crippen MR) is 137 cm³/mol. The molecule has 1 aromatic carbocycles. The molecule has 1 saturated carbocycles. The molecule has 1 N–H and O–H groups in total. The molecular weight excluding hydrogens is 446 g/mol. The zero-order valence-corrected chi connectivity index (χ0v) is 20.8. The second-order valence-corrected chi connectivity index (χ2v) is 11.5. The highest BCUT2D eigenvalue weighted by atomic mass is 32.2. The van der Waals surface area contributed by atoms with Crippen molar-refractivity contribution in [2.45, 2.75) is 74.9 Å². The zero-order chi connectivity index (χ0) is 22.4. The molecule has 2 amide bonds. The summed E-state index contributed by atoms with van der Waals surface area (Å²) in [5.41, 5.74) is 5.25. The van der Waals surface area contributed by atoms with E-state index < -0.39 is 0 Å². The Labute approximate surface area is 204 Å². The van der Waals surface area contributed by atoms with E-state index in [2.05, 4.69) is 63.6 Å². The molecule has 0 radical (unpaired) electrons. The normalized spacial score (nSPS) is 20.2. The fourth-order valence-corrected chi connectivity index (χ4v) is 7.66. The van der Waals surface area contributed by atoms with Gasteiger partial charge in [0.05, 0.1) is 18.3 Å². The van der Waals surface area contributed by atoms with Crippen LogP contribution in [0.4, 0.5) is 4.79 Å². The number of aryl methyl sites for hydroxylation is 1. The van der Waals surface area contributed by atoms with Gasteiger partial charge < -0.3 is 14.8 Å². The highest BCUT2D eigenvalue weighted by Crippen LogP contribution is 2.44. The van der Waals surface area contributed by atoms with Crippen LogP contribution in [-0.4, -0.2) is 27.8 Å². The first-order chi connectivity index (χ1) is 16.2. The highest BCUT2D eigenvalue weighted by molar-refractivity contribution is 7.98.